The first-order valence-corrected chi connectivity index (χ1v) is 10.4. The second-order valence-corrected chi connectivity index (χ2v) is 8.43. The minimum Gasteiger partial charge on any atom is -0.274 e. The summed E-state index contributed by atoms with van der Waals surface area (Å²) in [4.78, 5) is 53.4. The van der Waals surface area contributed by atoms with Crippen LogP contribution < -0.4 is 0 Å². The second-order valence-electron chi connectivity index (χ2n) is 8.43. The van der Waals surface area contributed by atoms with Gasteiger partial charge in [-0.15, -0.1) is 0 Å². The average Bonchev–Trinajstić information content (AvgIpc) is 3.15. The molecule has 0 N–H and O–H groups in total. The van der Waals surface area contributed by atoms with Gasteiger partial charge in [0.2, 0.25) is 0 Å². The predicted octanol–water partition coefficient (Wildman–Crippen LogP) is 3.39. The van der Waals surface area contributed by atoms with Crippen molar-refractivity contribution in [1.29, 1.82) is 0 Å². The van der Waals surface area contributed by atoms with Gasteiger partial charge in [-0.2, -0.15) is 0 Å². The van der Waals surface area contributed by atoms with Crippen LogP contribution in [0.15, 0.2) is 48.5 Å². The fourth-order valence-corrected chi connectivity index (χ4v) is 5.06. The Morgan fingerprint density at radius 3 is 1.27 bits per heavy atom. The van der Waals surface area contributed by atoms with E-state index in [9.17, 15) is 19.2 Å². The molecule has 30 heavy (non-hydrogen) atoms. The first-order chi connectivity index (χ1) is 14.5. The number of rotatable bonds is 4. The highest BCUT2D eigenvalue weighted by Gasteiger charge is 2.39. The highest BCUT2D eigenvalue weighted by Crippen LogP contribution is 2.34. The van der Waals surface area contributed by atoms with Crippen LogP contribution >= 0.6 is 0 Å². The molecule has 2 heterocycles. The van der Waals surface area contributed by atoms with Crippen LogP contribution in [-0.2, 0) is 0 Å². The van der Waals surface area contributed by atoms with Crippen LogP contribution in [0.25, 0.3) is 0 Å². The molecule has 1 fully saturated rings. The minimum absolute atomic E-state index is 0.182. The second kappa shape index (κ2) is 7.20. The molecule has 2 aromatic carbocycles. The molecule has 0 spiro atoms. The van der Waals surface area contributed by atoms with Gasteiger partial charge in [0.05, 0.1) is 22.3 Å². The molecule has 2 atom stereocenters. The number of amides is 4. The van der Waals surface area contributed by atoms with Gasteiger partial charge < -0.3 is 0 Å². The number of hydrogen-bond donors (Lipinski definition) is 0. The largest absolute Gasteiger partial charge is 0.274 e. The van der Waals surface area contributed by atoms with Crippen LogP contribution in [0.3, 0.4) is 0 Å². The highest BCUT2D eigenvalue weighted by molar-refractivity contribution is 6.22. The topological polar surface area (TPSA) is 74.8 Å². The van der Waals surface area contributed by atoms with E-state index in [1.165, 1.54) is 9.80 Å². The Kier molecular flexibility index (Phi) is 4.50. The number of nitrogens with zero attached hydrogens (tertiary/aromatic N) is 2. The van der Waals surface area contributed by atoms with E-state index in [0.29, 0.717) is 35.3 Å². The van der Waals surface area contributed by atoms with Gasteiger partial charge >= 0.3 is 0 Å². The van der Waals surface area contributed by atoms with Crippen molar-refractivity contribution in [3.05, 3.63) is 70.8 Å². The molecular weight excluding hydrogens is 380 g/mol. The molecule has 2 aliphatic heterocycles. The molecule has 2 aromatic rings. The van der Waals surface area contributed by atoms with Crippen LogP contribution in [0.4, 0.5) is 0 Å². The fraction of sp³-hybridized carbons (Fsp3) is 0.333. The van der Waals surface area contributed by atoms with Gasteiger partial charge in [-0.1, -0.05) is 30.7 Å². The van der Waals surface area contributed by atoms with Gasteiger partial charge in [-0.25, -0.2) is 0 Å². The lowest BCUT2D eigenvalue weighted by atomic mass is 9.81. The summed E-state index contributed by atoms with van der Waals surface area (Å²) in [7, 11) is 0. The summed E-state index contributed by atoms with van der Waals surface area (Å²) in [5, 5.41) is 0. The van der Waals surface area contributed by atoms with E-state index < -0.39 is 0 Å². The van der Waals surface area contributed by atoms with Crippen molar-refractivity contribution in [2.75, 3.05) is 13.1 Å². The lowest BCUT2D eigenvalue weighted by Crippen LogP contribution is -2.39. The summed E-state index contributed by atoms with van der Waals surface area (Å²) >= 11 is 0. The van der Waals surface area contributed by atoms with Gasteiger partial charge in [0.25, 0.3) is 23.6 Å². The van der Waals surface area contributed by atoms with Gasteiger partial charge in [0, 0.05) is 13.1 Å². The molecule has 5 rings (SSSR count). The maximum atomic E-state index is 12.7. The SMILES string of the molecule is O=C1c2ccccc2C(=O)N1CC1CCCC(CN2C(=O)c3ccccc3C2=O)C1. The Labute approximate surface area is 174 Å². The van der Waals surface area contributed by atoms with E-state index in [1.54, 1.807) is 48.5 Å². The molecule has 1 aliphatic carbocycles. The summed E-state index contributed by atoms with van der Waals surface area (Å²) in [5.74, 6) is -0.533. The maximum Gasteiger partial charge on any atom is 0.261 e. The van der Waals surface area contributed by atoms with Gasteiger partial charge in [0.1, 0.15) is 0 Å². The van der Waals surface area contributed by atoms with E-state index in [2.05, 4.69) is 0 Å². The Morgan fingerprint density at radius 2 is 0.933 bits per heavy atom. The Morgan fingerprint density at radius 1 is 0.600 bits per heavy atom. The molecule has 1 saturated carbocycles. The summed E-state index contributed by atoms with van der Waals surface area (Å²) in [6.45, 7) is 0.788. The number of hydrogen-bond acceptors (Lipinski definition) is 4. The zero-order valence-electron chi connectivity index (χ0n) is 16.5. The molecule has 2 unspecified atom stereocenters. The van der Waals surface area contributed by atoms with Crippen molar-refractivity contribution in [3.63, 3.8) is 0 Å². The molecular formula is C24H22N2O4. The van der Waals surface area contributed by atoms with Crippen LogP contribution in [-0.4, -0.2) is 46.5 Å². The van der Waals surface area contributed by atoms with Gasteiger partial charge in [0.15, 0.2) is 0 Å². The van der Waals surface area contributed by atoms with Crippen LogP contribution in [0, 0.1) is 11.8 Å². The van der Waals surface area contributed by atoms with Crippen molar-refractivity contribution in [2.24, 2.45) is 11.8 Å². The maximum absolute atomic E-state index is 12.7. The molecule has 0 bridgehead atoms. The molecule has 0 saturated heterocycles. The zero-order valence-corrected chi connectivity index (χ0v) is 16.5. The lowest BCUT2D eigenvalue weighted by molar-refractivity contribution is 0.0576. The summed E-state index contributed by atoms with van der Waals surface area (Å²) in [6, 6.07) is 13.9. The summed E-state index contributed by atoms with van der Waals surface area (Å²) < 4.78 is 0. The number of carbonyl (C=O) groups is 4. The van der Waals surface area contributed by atoms with Crippen molar-refractivity contribution >= 4 is 23.6 Å². The summed E-state index contributed by atoms with van der Waals surface area (Å²) in [6.07, 6.45) is 3.63. The molecule has 0 radical (unpaired) electrons. The third-order valence-electron chi connectivity index (χ3n) is 6.53. The van der Waals surface area contributed by atoms with Crippen LogP contribution in [0.1, 0.15) is 67.1 Å². The number of fused-ring (bicyclic) bond motifs is 2. The monoisotopic (exact) mass is 402 g/mol. The molecule has 6 heteroatoms. The average molecular weight is 402 g/mol. The Hall–Kier alpha value is -3.28. The normalized spacial score (nSPS) is 23.2. The quantitative estimate of drug-likeness (QED) is 0.735. The number of benzene rings is 2. The molecule has 152 valence electrons. The van der Waals surface area contributed by atoms with Gasteiger partial charge in [-0.3, -0.25) is 29.0 Å². The molecule has 4 amide bonds. The molecule has 3 aliphatic rings. The van der Waals surface area contributed by atoms with Crippen molar-refractivity contribution < 1.29 is 19.2 Å². The van der Waals surface area contributed by atoms with E-state index in [-0.39, 0.29) is 35.5 Å². The summed E-state index contributed by atoms with van der Waals surface area (Å²) in [5.41, 5.74) is 1.89. The molecule has 0 aromatic heterocycles. The zero-order chi connectivity index (χ0) is 20.8. The standard InChI is InChI=1S/C24H22N2O4/c27-21-17-8-1-2-9-18(17)22(28)25(21)13-15-6-5-7-16(12-15)14-26-23(29)19-10-3-4-11-20(19)24(26)30/h1-4,8-11,15-16H,5-7,12-14H2. The van der Waals surface area contributed by atoms with E-state index in [1.807, 2.05) is 0 Å². The van der Waals surface area contributed by atoms with E-state index in [4.69, 9.17) is 0 Å². The number of carbonyl (C=O) groups excluding carboxylic acids is 4. The Balaban J connectivity index is 1.26. The van der Waals surface area contributed by atoms with Crippen molar-refractivity contribution in [2.45, 2.75) is 25.7 Å². The van der Waals surface area contributed by atoms with E-state index in [0.717, 1.165) is 25.7 Å². The minimum atomic E-state index is -0.224. The first-order valence-electron chi connectivity index (χ1n) is 10.4. The highest BCUT2D eigenvalue weighted by atomic mass is 16.2. The lowest BCUT2D eigenvalue weighted by Gasteiger charge is -2.32. The van der Waals surface area contributed by atoms with Crippen molar-refractivity contribution in [3.8, 4) is 0 Å². The van der Waals surface area contributed by atoms with E-state index >= 15 is 0 Å². The van der Waals surface area contributed by atoms with Crippen LogP contribution in [0.5, 0.6) is 0 Å². The third-order valence-corrected chi connectivity index (χ3v) is 6.53. The Bertz CT molecular complexity index is 923. The third kappa shape index (κ3) is 2.95. The van der Waals surface area contributed by atoms with Crippen molar-refractivity contribution in [1.82, 2.24) is 9.80 Å². The number of imide groups is 2. The predicted molar refractivity (Wildman–Crippen MR) is 109 cm³/mol. The molecule has 6 nitrogen and oxygen atoms in total. The van der Waals surface area contributed by atoms with Gasteiger partial charge in [-0.05, 0) is 55.4 Å². The smallest absolute Gasteiger partial charge is 0.261 e. The fourth-order valence-electron chi connectivity index (χ4n) is 5.06. The van der Waals surface area contributed by atoms with Crippen LogP contribution in [0.2, 0.25) is 0 Å². The first kappa shape index (κ1) is 18.7.